The quantitative estimate of drug-likeness (QED) is 0.125. The molecule has 0 saturated heterocycles. The molecular weight excluding hydrogens is 532 g/mol. The summed E-state index contributed by atoms with van der Waals surface area (Å²) in [6.45, 7) is 2.35. The molecule has 0 spiro atoms. The van der Waals surface area contributed by atoms with Crippen LogP contribution in [0.1, 0.15) is 24.1 Å². The molecule has 5 rings (SSSR count). The van der Waals surface area contributed by atoms with Crippen LogP contribution in [0.4, 0.5) is 16.6 Å². The molecule has 1 amide bonds. The van der Waals surface area contributed by atoms with Crippen molar-refractivity contribution < 1.29 is 24.9 Å². The second-order valence-corrected chi connectivity index (χ2v) is 10.8. The van der Waals surface area contributed by atoms with E-state index >= 15 is 0 Å². The van der Waals surface area contributed by atoms with E-state index in [2.05, 4.69) is 25.9 Å². The van der Waals surface area contributed by atoms with Crippen LogP contribution < -0.4 is 16.0 Å². The first-order valence-corrected chi connectivity index (χ1v) is 13.9. The van der Waals surface area contributed by atoms with Crippen molar-refractivity contribution >= 4 is 39.4 Å². The van der Waals surface area contributed by atoms with Crippen molar-refractivity contribution in [1.82, 2.24) is 20.3 Å². The van der Waals surface area contributed by atoms with Crippen LogP contribution in [0.3, 0.4) is 0 Å². The molecule has 0 aliphatic heterocycles. The zero-order valence-electron chi connectivity index (χ0n) is 22.0. The van der Waals surface area contributed by atoms with Crippen molar-refractivity contribution in [1.29, 1.82) is 0 Å². The predicted octanol–water partition coefficient (Wildman–Crippen LogP) is 3.26. The Labute approximate surface area is 235 Å². The normalized spacial score (nSPS) is 20.4. The van der Waals surface area contributed by atoms with Crippen molar-refractivity contribution in [3.8, 4) is 10.6 Å². The lowest BCUT2D eigenvalue weighted by atomic mass is 10.0. The Morgan fingerprint density at radius 1 is 1.10 bits per heavy atom. The summed E-state index contributed by atoms with van der Waals surface area (Å²) < 4.78 is 6.22. The van der Waals surface area contributed by atoms with Crippen LogP contribution in [0.25, 0.3) is 20.8 Å². The number of amides is 1. The van der Waals surface area contributed by atoms with Gasteiger partial charge in [-0.3, -0.25) is 0 Å². The summed E-state index contributed by atoms with van der Waals surface area (Å²) in [6, 6.07) is 17.2. The number of aryl methyl sites for hydroxylation is 1. The average molecular weight is 565 g/mol. The molecule has 3 unspecified atom stereocenters. The van der Waals surface area contributed by atoms with E-state index in [9.17, 15) is 20.1 Å². The lowest BCUT2D eigenvalue weighted by Gasteiger charge is -2.31. The van der Waals surface area contributed by atoms with Crippen molar-refractivity contribution in [3.63, 3.8) is 0 Å². The molecule has 0 bridgehead atoms. The summed E-state index contributed by atoms with van der Waals surface area (Å²) in [7, 11) is 0. The fourth-order valence-corrected chi connectivity index (χ4v) is 5.79. The van der Waals surface area contributed by atoms with Gasteiger partial charge in [-0.25, -0.2) is 14.8 Å². The molecule has 12 heteroatoms. The summed E-state index contributed by atoms with van der Waals surface area (Å²) >= 11 is 1.48. The molecule has 210 valence electrons. The summed E-state index contributed by atoms with van der Waals surface area (Å²) in [6.07, 6.45) is -1.02. The van der Waals surface area contributed by atoms with Gasteiger partial charge in [0.1, 0.15) is 23.5 Å². The molecule has 3 atom stereocenters. The number of hydrogen-bond acceptors (Lipinski definition) is 11. The highest BCUT2D eigenvalue weighted by molar-refractivity contribution is 7.21. The Balaban J connectivity index is 1.31. The van der Waals surface area contributed by atoms with Crippen molar-refractivity contribution in [2.45, 2.75) is 38.2 Å². The molecule has 6 N–H and O–H groups in total. The van der Waals surface area contributed by atoms with Crippen molar-refractivity contribution in [2.24, 2.45) is 5.92 Å². The van der Waals surface area contributed by atoms with Crippen LogP contribution in [0.15, 0.2) is 54.6 Å². The summed E-state index contributed by atoms with van der Waals surface area (Å²) in [5.74, 6) is 0.139. The van der Waals surface area contributed by atoms with Crippen LogP contribution >= 0.6 is 11.3 Å². The molecule has 1 aliphatic carbocycles. The topological polar surface area (TPSA) is 162 Å². The molecule has 1 fully saturated rings. The Bertz CT molecular complexity index is 1440. The number of thiazole rings is 1. The number of aromatic nitrogens is 3. The van der Waals surface area contributed by atoms with Gasteiger partial charge in [-0.1, -0.05) is 42.5 Å². The van der Waals surface area contributed by atoms with E-state index in [1.54, 1.807) is 0 Å². The van der Waals surface area contributed by atoms with E-state index in [0.29, 0.717) is 35.0 Å². The minimum atomic E-state index is -1.68. The van der Waals surface area contributed by atoms with Gasteiger partial charge < -0.3 is 36.0 Å². The van der Waals surface area contributed by atoms with E-state index in [0.717, 1.165) is 15.8 Å². The number of para-hydroxylation sites is 1. The first kappa shape index (κ1) is 27.7. The molecule has 11 nitrogen and oxygen atoms in total. The zero-order chi connectivity index (χ0) is 28.1. The van der Waals surface area contributed by atoms with Gasteiger partial charge in [0, 0.05) is 25.6 Å². The minimum absolute atomic E-state index is 0.177. The minimum Gasteiger partial charge on any atom is -0.445 e. The first-order valence-electron chi connectivity index (χ1n) is 13.1. The predicted molar refractivity (Wildman–Crippen MR) is 153 cm³/mol. The van der Waals surface area contributed by atoms with E-state index in [1.807, 2.05) is 61.5 Å². The van der Waals surface area contributed by atoms with Gasteiger partial charge in [-0.2, -0.15) is 4.98 Å². The highest BCUT2D eigenvalue weighted by Gasteiger charge is 2.47. The molecule has 2 aromatic carbocycles. The number of aliphatic hydroxyl groups excluding tert-OH is 2. The second kappa shape index (κ2) is 12.1. The lowest BCUT2D eigenvalue weighted by molar-refractivity contribution is -0.0545. The first-order chi connectivity index (χ1) is 19.4. The summed E-state index contributed by atoms with van der Waals surface area (Å²) in [5.41, 5.74) is 1.28. The van der Waals surface area contributed by atoms with Gasteiger partial charge in [-0.05, 0) is 37.5 Å². The van der Waals surface area contributed by atoms with Gasteiger partial charge in [0.2, 0.25) is 5.95 Å². The van der Waals surface area contributed by atoms with Crippen molar-refractivity contribution in [3.05, 3.63) is 65.9 Å². The number of carbonyl (C=O) groups is 1. The molecule has 0 radical (unpaired) electrons. The zero-order valence-corrected chi connectivity index (χ0v) is 22.8. The molecular formula is C28H32N6O5S. The number of nitrogens with zero attached hydrogens (tertiary/aromatic N) is 3. The number of benzene rings is 2. The Morgan fingerprint density at radius 3 is 2.62 bits per heavy atom. The standard InChI is InChI=1S/C28H32N6O5S/c1-17-22(25-32-20-9-5-6-10-21(20)40-25)24(34-28(38)12-11-19(15-35)23(28)36)33-26(31-17)29-13-14-30-27(37)39-16-18-7-3-2-4-8-18/h2-10,19,23,35-36,38H,11-16H2,1H3,(H,30,37)(H2,29,31,33,34). The molecule has 2 heterocycles. The summed E-state index contributed by atoms with van der Waals surface area (Å²) in [4.78, 5) is 26.0. The lowest BCUT2D eigenvalue weighted by Crippen LogP contribution is -2.48. The van der Waals surface area contributed by atoms with E-state index in [4.69, 9.17) is 9.72 Å². The van der Waals surface area contributed by atoms with Gasteiger partial charge in [0.05, 0.1) is 21.5 Å². The average Bonchev–Trinajstić information content (AvgIpc) is 3.50. The molecule has 2 aromatic heterocycles. The fraction of sp³-hybridized carbons (Fsp3) is 0.357. The number of aliphatic hydroxyl groups is 3. The number of fused-ring (bicyclic) bond motifs is 1. The van der Waals surface area contributed by atoms with E-state index in [-0.39, 0.29) is 32.1 Å². The SMILES string of the molecule is Cc1nc(NCCNC(=O)OCc2ccccc2)nc(NC2(O)CCC(CO)C2O)c1-c1nc2ccccc2s1. The van der Waals surface area contributed by atoms with Gasteiger partial charge in [0.25, 0.3) is 0 Å². The third-order valence-electron chi connectivity index (χ3n) is 6.89. The molecule has 1 aliphatic rings. The number of alkyl carbamates (subject to hydrolysis) is 1. The van der Waals surface area contributed by atoms with Crippen LogP contribution in [-0.2, 0) is 11.3 Å². The number of anilines is 2. The number of hydrogen-bond donors (Lipinski definition) is 6. The monoisotopic (exact) mass is 564 g/mol. The third kappa shape index (κ3) is 6.15. The second-order valence-electron chi connectivity index (χ2n) is 9.73. The highest BCUT2D eigenvalue weighted by Crippen LogP contribution is 2.40. The van der Waals surface area contributed by atoms with E-state index in [1.165, 1.54) is 11.3 Å². The molecule has 4 aromatic rings. The molecule has 1 saturated carbocycles. The van der Waals surface area contributed by atoms with Gasteiger partial charge >= 0.3 is 6.09 Å². The van der Waals surface area contributed by atoms with Crippen LogP contribution in [-0.4, -0.2) is 67.9 Å². The number of nitrogens with one attached hydrogen (secondary N) is 3. The van der Waals surface area contributed by atoms with Crippen LogP contribution in [0, 0.1) is 12.8 Å². The van der Waals surface area contributed by atoms with Gasteiger partial charge in [-0.15, -0.1) is 11.3 Å². The Kier molecular flexibility index (Phi) is 8.40. The number of ether oxygens (including phenoxy) is 1. The van der Waals surface area contributed by atoms with Crippen LogP contribution in [0.2, 0.25) is 0 Å². The largest absolute Gasteiger partial charge is 0.445 e. The summed E-state index contributed by atoms with van der Waals surface area (Å²) in [5, 5.41) is 41.1. The smallest absolute Gasteiger partial charge is 0.407 e. The Hall–Kier alpha value is -3.84. The molecule has 40 heavy (non-hydrogen) atoms. The van der Waals surface area contributed by atoms with E-state index < -0.39 is 23.8 Å². The van der Waals surface area contributed by atoms with Crippen LogP contribution in [0.5, 0.6) is 0 Å². The maximum Gasteiger partial charge on any atom is 0.407 e. The fourth-order valence-electron chi connectivity index (χ4n) is 4.72. The van der Waals surface area contributed by atoms with Gasteiger partial charge in [0.15, 0.2) is 5.72 Å². The number of rotatable bonds is 10. The Morgan fingerprint density at radius 2 is 1.88 bits per heavy atom. The number of carbonyl (C=O) groups excluding carboxylic acids is 1. The maximum atomic E-state index is 12.0. The highest BCUT2D eigenvalue weighted by atomic mass is 32.1. The third-order valence-corrected chi connectivity index (χ3v) is 7.94. The van der Waals surface area contributed by atoms with Crippen molar-refractivity contribution in [2.75, 3.05) is 30.3 Å². The maximum absolute atomic E-state index is 12.0.